The zero-order chi connectivity index (χ0) is 21.4. The van der Waals surface area contributed by atoms with Crippen LogP contribution in [0.3, 0.4) is 0 Å². The number of ether oxygens (including phenoxy) is 4. The lowest BCUT2D eigenvalue weighted by Crippen LogP contribution is -2.51. The quantitative estimate of drug-likeness (QED) is 0.280. The minimum absolute atomic E-state index is 0.0883. The fourth-order valence-corrected chi connectivity index (χ4v) is 3.24. The van der Waals surface area contributed by atoms with E-state index in [0.717, 1.165) is 6.42 Å². The molecular formula is C20H28N2O7. The van der Waals surface area contributed by atoms with E-state index in [1.54, 1.807) is 0 Å². The molecule has 0 unspecified atom stereocenters. The van der Waals surface area contributed by atoms with E-state index in [1.165, 1.54) is 38.4 Å². The first-order chi connectivity index (χ1) is 14.0. The number of ketones is 1. The summed E-state index contributed by atoms with van der Waals surface area (Å²) in [5, 5.41) is 0. The Morgan fingerprint density at radius 2 is 1.72 bits per heavy atom. The third kappa shape index (κ3) is 5.17. The topological polar surface area (TPSA) is 117 Å². The van der Waals surface area contributed by atoms with Crippen LogP contribution >= 0.6 is 0 Å². The second-order valence-corrected chi connectivity index (χ2v) is 6.56. The SMILES string of the molecule is COc1cc(C(=O)C(=O)N2CCCC[C@@H]2C(=O)OCCCN)cc(OC)c1OC. The molecule has 1 saturated heterocycles. The number of carbonyl (C=O) groups excluding carboxylic acids is 3. The fraction of sp³-hybridized carbons (Fsp3) is 0.550. The molecule has 0 aromatic heterocycles. The number of esters is 1. The minimum atomic E-state index is -0.778. The molecule has 1 aliphatic heterocycles. The summed E-state index contributed by atoms with van der Waals surface area (Å²) < 4.78 is 20.9. The van der Waals surface area contributed by atoms with Crippen LogP contribution in [0.1, 0.15) is 36.0 Å². The maximum atomic E-state index is 12.9. The van der Waals surface area contributed by atoms with E-state index in [4.69, 9.17) is 24.7 Å². The van der Waals surface area contributed by atoms with Crippen molar-refractivity contribution in [2.75, 3.05) is 41.0 Å². The first-order valence-corrected chi connectivity index (χ1v) is 9.50. The van der Waals surface area contributed by atoms with Gasteiger partial charge in [-0.3, -0.25) is 9.59 Å². The highest BCUT2D eigenvalue weighted by molar-refractivity contribution is 6.43. The lowest BCUT2D eigenvalue weighted by atomic mass is 10.00. The van der Waals surface area contributed by atoms with Gasteiger partial charge in [-0.05, 0) is 44.4 Å². The highest BCUT2D eigenvalue weighted by atomic mass is 16.5. The number of nitrogens with two attached hydrogens (primary N) is 1. The van der Waals surface area contributed by atoms with Crippen molar-refractivity contribution in [2.45, 2.75) is 31.7 Å². The lowest BCUT2D eigenvalue weighted by molar-refractivity contribution is -0.155. The number of methoxy groups -OCH3 is 3. The van der Waals surface area contributed by atoms with Crippen molar-refractivity contribution < 1.29 is 33.3 Å². The molecule has 29 heavy (non-hydrogen) atoms. The van der Waals surface area contributed by atoms with Gasteiger partial charge in [0.2, 0.25) is 5.75 Å². The molecule has 1 aromatic carbocycles. The molecule has 1 atom stereocenters. The van der Waals surface area contributed by atoms with E-state index in [-0.39, 0.29) is 23.7 Å². The van der Waals surface area contributed by atoms with Crippen LogP contribution in [-0.4, -0.2) is 69.6 Å². The molecule has 0 saturated carbocycles. The van der Waals surface area contributed by atoms with Gasteiger partial charge in [-0.25, -0.2) is 4.79 Å². The van der Waals surface area contributed by atoms with Crippen molar-refractivity contribution in [3.63, 3.8) is 0 Å². The monoisotopic (exact) mass is 408 g/mol. The summed E-state index contributed by atoms with van der Waals surface area (Å²) in [6.45, 7) is 0.903. The number of likely N-dealkylation sites (tertiary alicyclic amines) is 1. The van der Waals surface area contributed by atoms with Gasteiger partial charge >= 0.3 is 5.97 Å². The number of piperidine rings is 1. The molecule has 2 rings (SSSR count). The van der Waals surface area contributed by atoms with E-state index in [1.807, 2.05) is 0 Å². The minimum Gasteiger partial charge on any atom is -0.493 e. The standard InChI is InChI=1S/C20H28N2O7/c1-26-15-11-13(12-16(27-2)18(15)28-3)17(23)19(24)22-9-5-4-7-14(22)20(25)29-10-6-8-21/h11-12,14H,4-10,21H2,1-3H3/t14-/m1/s1. The molecule has 9 heteroatoms. The van der Waals surface area contributed by atoms with Crippen LogP contribution in [0.5, 0.6) is 17.2 Å². The number of rotatable bonds is 9. The largest absolute Gasteiger partial charge is 0.493 e. The van der Waals surface area contributed by atoms with Crippen molar-refractivity contribution >= 4 is 17.7 Å². The molecule has 1 heterocycles. The van der Waals surface area contributed by atoms with E-state index in [0.29, 0.717) is 38.1 Å². The summed E-state index contributed by atoms with van der Waals surface area (Å²) in [4.78, 5) is 39.5. The highest BCUT2D eigenvalue weighted by Crippen LogP contribution is 2.38. The van der Waals surface area contributed by atoms with Crippen molar-refractivity contribution in [3.8, 4) is 17.2 Å². The van der Waals surface area contributed by atoms with Gasteiger partial charge in [0.25, 0.3) is 11.7 Å². The molecule has 1 amide bonds. The summed E-state index contributed by atoms with van der Waals surface area (Å²) in [6, 6.07) is 2.06. The van der Waals surface area contributed by atoms with Gasteiger partial charge in [0.15, 0.2) is 11.5 Å². The van der Waals surface area contributed by atoms with Gasteiger partial charge in [-0.2, -0.15) is 0 Å². The molecule has 0 bridgehead atoms. The Balaban J connectivity index is 2.25. The van der Waals surface area contributed by atoms with E-state index in [9.17, 15) is 14.4 Å². The Bertz CT molecular complexity index is 725. The fourth-order valence-electron chi connectivity index (χ4n) is 3.24. The Kier molecular flexibility index (Phi) is 8.26. The van der Waals surface area contributed by atoms with Gasteiger partial charge in [0.1, 0.15) is 6.04 Å². The van der Waals surface area contributed by atoms with Crippen molar-refractivity contribution in [1.29, 1.82) is 0 Å². The van der Waals surface area contributed by atoms with Gasteiger partial charge in [0, 0.05) is 12.1 Å². The Morgan fingerprint density at radius 1 is 1.07 bits per heavy atom. The number of carbonyl (C=O) groups is 3. The lowest BCUT2D eigenvalue weighted by Gasteiger charge is -2.33. The summed E-state index contributed by atoms with van der Waals surface area (Å²) in [5.41, 5.74) is 5.50. The number of Topliss-reactive ketones (excluding diaryl/α,β-unsaturated/α-hetero) is 1. The molecule has 0 aliphatic carbocycles. The second-order valence-electron chi connectivity index (χ2n) is 6.56. The van der Waals surface area contributed by atoms with E-state index < -0.39 is 23.7 Å². The average Bonchev–Trinajstić information content (AvgIpc) is 2.76. The van der Waals surface area contributed by atoms with Crippen LogP contribution in [0.2, 0.25) is 0 Å². The normalized spacial score (nSPS) is 16.1. The van der Waals surface area contributed by atoms with E-state index in [2.05, 4.69) is 0 Å². The molecule has 0 spiro atoms. The van der Waals surface area contributed by atoms with Gasteiger partial charge in [-0.15, -0.1) is 0 Å². The second kappa shape index (κ2) is 10.7. The number of amides is 1. The number of nitrogens with zero attached hydrogens (tertiary/aromatic N) is 1. The Hall–Kier alpha value is -2.81. The molecule has 2 N–H and O–H groups in total. The summed E-state index contributed by atoms with van der Waals surface area (Å²) in [5.74, 6) is -1.19. The van der Waals surface area contributed by atoms with Crippen LogP contribution in [0.15, 0.2) is 12.1 Å². The molecule has 0 radical (unpaired) electrons. The summed E-state index contributed by atoms with van der Waals surface area (Å²) >= 11 is 0. The highest BCUT2D eigenvalue weighted by Gasteiger charge is 2.36. The van der Waals surface area contributed by atoms with Gasteiger partial charge in [-0.1, -0.05) is 0 Å². The smallest absolute Gasteiger partial charge is 0.328 e. The van der Waals surface area contributed by atoms with Crippen molar-refractivity contribution in [1.82, 2.24) is 4.90 Å². The molecule has 1 fully saturated rings. The number of hydrogen-bond acceptors (Lipinski definition) is 8. The Morgan fingerprint density at radius 3 is 2.28 bits per heavy atom. The van der Waals surface area contributed by atoms with Crippen LogP contribution in [0.4, 0.5) is 0 Å². The number of hydrogen-bond donors (Lipinski definition) is 1. The maximum absolute atomic E-state index is 12.9. The first kappa shape index (κ1) is 22.5. The molecule has 1 aromatic rings. The van der Waals surface area contributed by atoms with E-state index >= 15 is 0 Å². The molecule has 9 nitrogen and oxygen atoms in total. The van der Waals surface area contributed by atoms with Crippen LogP contribution in [0, 0.1) is 0 Å². The Labute approximate surface area is 170 Å². The zero-order valence-corrected chi connectivity index (χ0v) is 17.1. The predicted octanol–water partition coefficient (Wildman–Crippen LogP) is 1.17. The number of benzene rings is 1. The summed E-state index contributed by atoms with van der Waals surface area (Å²) in [7, 11) is 4.29. The van der Waals surface area contributed by atoms with Crippen molar-refractivity contribution in [2.24, 2.45) is 5.73 Å². The zero-order valence-electron chi connectivity index (χ0n) is 17.1. The third-order valence-electron chi connectivity index (χ3n) is 4.75. The molecule has 1 aliphatic rings. The van der Waals surface area contributed by atoms with Crippen molar-refractivity contribution in [3.05, 3.63) is 17.7 Å². The molecule has 160 valence electrons. The van der Waals surface area contributed by atoms with Gasteiger partial charge < -0.3 is 29.6 Å². The average molecular weight is 408 g/mol. The van der Waals surface area contributed by atoms with Crippen LogP contribution in [0.25, 0.3) is 0 Å². The van der Waals surface area contributed by atoms with Crippen LogP contribution in [-0.2, 0) is 14.3 Å². The van der Waals surface area contributed by atoms with Gasteiger partial charge in [0.05, 0.1) is 27.9 Å². The third-order valence-corrected chi connectivity index (χ3v) is 4.75. The first-order valence-electron chi connectivity index (χ1n) is 9.50. The summed E-state index contributed by atoms with van der Waals surface area (Å²) in [6.07, 6.45) is 2.48. The van der Waals surface area contributed by atoms with Crippen LogP contribution < -0.4 is 19.9 Å². The molecular weight excluding hydrogens is 380 g/mol. The predicted molar refractivity (Wildman–Crippen MR) is 104 cm³/mol. The maximum Gasteiger partial charge on any atom is 0.328 e.